The summed E-state index contributed by atoms with van der Waals surface area (Å²) in [5, 5.41) is 28.3. The minimum absolute atomic E-state index is 0.211. The van der Waals surface area contributed by atoms with Gasteiger partial charge in [0.15, 0.2) is 12.6 Å². The van der Waals surface area contributed by atoms with Crippen molar-refractivity contribution in [2.75, 3.05) is 0 Å². The van der Waals surface area contributed by atoms with Crippen LogP contribution in [0.15, 0.2) is 0 Å². The van der Waals surface area contributed by atoms with Crippen LogP contribution in [0, 0.1) is 0 Å². The van der Waals surface area contributed by atoms with Gasteiger partial charge in [-0.1, -0.05) is 20.8 Å². The molecule has 0 amide bonds. The second-order valence-electron chi connectivity index (χ2n) is 9.82. The van der Waals surface area contributed by atoms with Gasteiger partial charge < -0.3 is 34.0 Å². The van der Waals surface area contributed by atoms with E-state index in [0.717, 1.165) is 0 Å². The SMILES string of the molecule is B[C@@H]1O[C@H](CC(C)(CC)OP(B)(=O)C(C)C(C)(CC)OP(=O)(O)C(C)(C)O)[C@@H](O)[C@H]1O. The van der Waals surface area contributed by atoms with Crippen LogP contribution >= 0.6 is 14.8 Å². The topological polar surface area (TPSA) is 143 Å². The number of aliphatic hydroxyl groups excluding tert-OH is 2. The molecule has 5 unspecified atom stereocenters. The summed E-state index contributed by atoms with van der Waals surface area (Å²) in [6.07, 6.45) is -1.83. The third-order valence-electron chi connectivity index (χ3n) is 6.70. The third-order valence-corrected chi connectivity index (χ3v) is 11.5. The van der Waals surface area contributed by atoms with Crippen molar-refractivity contribution in [2.45, 2.75) is 114 Å². The smallest absolute Gasteiger partial charge is 0.359 e. The molecule has 182 valence electrons. The minimum atomic E-state index is -4.44. The predicted molar refractivity (Wildman–Crippen MR) is 125 cm³/mol. The molecule has 1 heterocycles. The number of ether oxygens (including phenoxy) is 1. The molecule has 1 saturated heterocycles. The van der Waals surface area contributed by atoms with Gasteiger partial charge >= 0.3 is 7.60 Å². The lowest BCUT2D eigenvalue weighted by Gasteiger charge is -2.43. The summed E-state index contributed by atoms with van der Waals surface area (Å²) in [6, 6.07) is -0.522. The number of hydrogen-bond donors (Lipinski definition) is 4. The molecule has 0 aromatic rings. The van der Waals surface area contributed by atoms with E-state index in [9.17, 15) is 29.3 Å². The summed E-state index contributed by atoms with van der Waals surface area (Å²) in [4.78, 5) is 10.3. The van der Waals surface area contributed by atoms with Gasteiger partial charge in [-0.15, -0.1) is 0 Å². The first-order valence-corrected chi connectivity index (χ1v) is 14.5. The Morgan fingerprint density at radius 3 is 1.94 bits per heavy atom. The molecule has 1 aliphatic heterocycles. The lowest BCUT2D eigenvalue weighted by Crippen LogP contribution is -2.44. The Labute approximate surface area is 188 Å². The monoisotopic (exact) mass is 484 g/mol. The van der Waals surface area contributed by atoms with E-state index in [-0.39, 0.29) is 12.8 Å². The Kier molecular flexibility index (Phi) is 9.36. The summed E-state index contributed by atoms with van der Waals surface area (Å²) >= 11 is 0. The van der Waals surface area contributed by atoms with Crippen LogP contribution < -0.4 is 0 Å². The van der Waals surface area contributed by atoms with Gasteiger partial charge in [-0.25, -0.2) is 0 Å². The molecule has 1 fully saturated rings. The van der Waals surface area contributed by atoms with Crippen LogP contribution in [0.3, 0.4) is 0 Å². The third kappa shape index (κ3) is 6.68. The van der Waals surface area contributed by atoms with E-state index in [0.29, 0.717) is 6.42 Å². The molecule has 1 aliphatic rings. The molecule has 0 bridgehead atoms. The zero-order chi connectivity index (χ0) is 24.6. The summed E-state index contributed by atoms with van der Waals surface area (Å²) in [7, 11) is -4.76. The first-order chi connectivity index (χ1) is 13.8. The van der Waals surface area contributed by atoms with Gasteiger partial charge in [0.05, 0.1) is 29.0 Å². The Bertz CT molecular complexity index is 719. The lowest BCUT2D eigenvalue weighted by molar-refractivity contribution is -0.0338. The molecule has 0 aromatic heterocycles. The van der Waals surface area contributed by atoms with E-state index >= 15 is 0 Å². The normalized spacial score (nSPS) is 33.6. The number of hydrogen-bond acceptors (Lipinski definition) is 8. The van der Waals surface area contributed by atoms with Crippen molar-refractivity contribution in [2.24, 2.45) is 0 Å². The molecule has 0 aliphatic carbocycles. The molecular formula is C18H40B2O9P2. The highest BCUT2D eigenvalue weighted by molar-refractivity contribution is 7.84. The van der Waals surface area contributed by atoms with Crippen LogP contribution in [-0.2, 0) is 22.9 Å². The van der Waals surface area contributed by atoms with Gasteiger partial charge in [0.1, 0.15) is 20.1 Å². The Morgan fingerprint density at radius 2 is 1.58 bits per heavy atom. The molecule has 9 atom stereocenters. The van der Waals surface area contributed by atoms with E-state index in [4.69, 9.17) is 13.8 Å². The van der Waals surface area contributed by atoms with E-state index in [1.807, 2.05) is 6.92 Å². The summed E-state index contributed by atoms with van der Waals surface area (Å²) in [5.74, 6) is 0. The van der Waals surface area contributed by atoms with Crippen molar-refractivity contribution < 1.29 is 43.1 Å². The van der Waals surface area contributed by atoms with Gasteiger partial charge in [0.2, 0.25) is 7.57 Å². The molecular weight excluding hydrogens is 444 g/mol. The summed E-state index contributed by atoms with van der Waals surface area (Å²) in [6.45, 7) is 11.0. The van der Waals surface area contributed by atoms with E-state index in [1.54, 1.807) is 35.5 Å². The first-order valence-electron chi connectivity index (χ1n) is 10.8. The molecule has 13 heteroatoms. The Hall–Kier alpha value is 0.310. The average Bonchev–Trinajstić information content (AvgIpc) is 2.85. The quantitative estimate of drug-likeness (QED) is 0.249. The number of rotatable bonds is 11. The second-order valence-corrected chi connectivity index (χ2v) is 14.9. The van der Waals surface area contributed by atoms with Gasteiger partial charge in [-0.05, 0) is 40.5 Å². The highest BCUT2D eigenvalue weighted by atomic mass is 31.2. The van der Waals surface area contributed by atoms with Crippen molar-refractivity contribution >= 4 is 30.3 Å². The zero-order valence-corrected chi connectivity index (χ0v) is 22.0. The van der Waals surface area contributed by atoms with Gasteiger partial charge in [-0.3, -0.25) is 9.09 Å². The van der Waals surface area contributed by atoms with Gasteiger partial charge in [0.25, 0.3) is 0 Å². The molecule has 0 radical (unpaired) electrons. The van der Waals surface area contributed by atoms with Crippen LogP contribution in [0.1, 0.15) is 67.7 Å². The van der Waals surface area contributed by atoms with Crippen molar-refractivity contribution in [1.29, 1.82) is 0 Å². The Balaban J connectivity index is 3.10. The molecule has 0 saturated carbocycles. The fourth-order valence-corrected chi connectivity index (χ4v) is 7.24. The molecule has 0 aromatic carbocycles. The maximum absolute atomic E-state index is 13.7. The Morgan fingerprint density at radius 1 is 1.06 bits per heavy atom. The minimum Gasteiger partial charge on any atom is -0.388 e. The maximum Gasteiger partial charge on any atom is 0.359 e. The molecule has 4 N–H and O–H groups in total. The summed E-state index contributed by atoms with van der Waals surface area (Å²) in [5.41, 5.74) is -3.03. The molecule has 31 heavy (non-hydrogen) atoms. The van der Waals surface area contributed by atoms with Crippen LogP contribution in [-0.4, -0.2) is 82.1 Å². The highest BCUT2D eigenvalue weighted by Crippen LogP contribution is 2.62. The van der Waals surface area contributed by atoms with Gasteiger partial charge in [0, 0.05) is 6.42 Å². The average molecular weight is 484 g/mol. The van der Waals surface area contributed by atoms with E-state index in [2.05, 4.69) is 0 Å². The first kappa shape index (κ1) is 29.3. The largest absolute Gasteiger partial charge is 0.388 e. The van der Waals surface area contributed by atoms with Crippen molar-refractivity contribution in [1.82, 2.24) is 0 Å². The maximum atomic E-state index is 13.7. The molecule has 0 spiro atoms. The standard InChI is InChI=1S/C18H40B2O9P2/c1-8-17(6,10-12-13(21)14(22)15(19)27-12)28-30(20,24)11(3)18(7,9-2)29-31(25,26)16(4,5)23/h11-15,21-23H,8-10,19-20H2,1-7H3,(H,25,26)/t11?,12-,13-,14-,15-,17?,18?,30?/m1/s1. The molecule has 9 nitrogen and oxygen atoms in total. The van der Waals surface area contributed by atoms with Gasteiger partial charge in [-0.2, -0.15) is 0 Å². The zero-order valence-electron chi connectivity index (χ0n) is 20.2. The highest BCUT2D eigenvalue weighted by Gasteiger charge is 2.51. The van der Waals surface area contributed by atoms with Crippen molar-refractivity contribution in [3.05, 3.63) is 0 Å². The predicted octanol–water partition coefficient (Wildman–Crippen LogP) is 0.955. The van der Waals surface area contributed by atoms with Crippen molar-refractivity contribution in [3.63, 3.8) is 0 Å². The van der Waals surface area contributed by atoms with Crippen LogP contribution in [0.5, 0.6) is 0 Å². The fraction of sp³-hybridized carbons (Fsp3) is 1.00. The number of aliphatic hydroxyl groups is 3. The second kappa shape index (κ2) is 9.89. The molecule has 1 rings (SSSR count). The van der Waals surface area contributed by atoms with E-state index in [1.165, 1.54) is 21.4 Å². The van der Waals surface area contributed by atoms with E-state index < -0.39 is 61.4 Å². The lowest BCUT2D eigenvalue weighted by atomic mass is 9.90. The fourth-order valence-electron chi connectivity index (χ4n) is 3.62. The van der Waals surface area contributed by atoms with Crippen LogP contribution in [0.25, 0.3) is 0 Å². The summed E-state index contributed by atoms with van der Waals surface area (Å²) < 4.78 is 43.6. The van der Waals surface area contributed by atoms with Crippen LogP contribution in [0.4, 0.5) is 0 Å². The van der Waals surface area contributed by atoms with Crippen LogP contribution in [0.2, 0.25) is 0 Å². The van der Waals surface area contributed by atoms with Crippen molar-refractivity contribution in [3.8, 4) is 0 Å².